The lowest BCUT2D eigenvalue weighted by molar-refractivity contribution is 0.0600. The molecule has 3 rings (SSSR count). The minimum atomic E-state index is -0.340. The Labute approximate surface area is 123 Å². The van der Waals surface area contributed by atoms with Crippen LogP contribution in [-0.2, 0) is 11.2 Å². The van der Waals surface area contributed by atoms with Crippen LogP contribution in [-0.4, -0.2) is 51.7 Å². The predicted molar refractivity (Wildman–Crippen MR) is 78.3 cm³/mol. The summed E-state index contributed by atoms with van der Waals surface area (Å²) in [6.07, 6.45) is 5.06. The first-order valence-electron chi connectivity index (χ1n) is 7.39. The Morgan fingerprint density at radius 1 is 1.43 bits per heavy atom. The maximum Gasteiger partial charge on any atom is 0.339 e. The zero-order chi connectivity index (χ0) is 14.8. The number of pyridine rings is 1. The zero-order valence-corrected chi connectivity index (χ0v) is 12.5. The lowest BCUT2D eigenvalue weighted by Crippen LogP contribution is -2.31. The zero-order valence-electron chi connectivity index (χ0n) is 12.5. The lowest BCUT2D eigenvalue weighted by Gasteiger charge is -2.21. The molecule has 0 aliphatic carbocycles. The quantitative estimate of drug-likeness (QED) is 0.799. The minimum absolute atomic E-state index is 0.340. The second-order valence-corrected chi connectivity index (χ2v) is 5.38. The number of likely N-dealkylation sites (tertiary alicyclic amines) is 1. The van der Waals surface area contributed by atoms with E-state index < -0.39 is 0 Å². The van der Waals surface area contributed by atoms with Gasteiger partial charge in [0.05, 0.1) is 12.7 Å². The molecule has 0 N–H and O–H groups in total. The highest BCUT2D eigenvalue weighted by Gasteiger charge is 2.25. The Kier molecular flexibility index (Phi) is 3.88. The van der Waals surface area contributed by atoms with Crippen molar-refractivity contribution in [2.24, 2.45) is 0 Å². The van der Waals surface area contributed by atoms with E-state index in [0.717, 1.165) is 31.0 Å². The molecule has 2 aromatic heterocycles. The van der Waals surface area contributed by atoms with Crippen molar-refractivity contribution >= 4 is 11.6 Å². The number of carbonyl (C=O) groups excluding carboxylic acids is 1. The standard InChI is InChI=1S/C15H20N4O2/c1-3-18-8-4-5-12(18)9-14-17-16-13-7-6-11(10-19(13)14)15(20)21-2/h6-7,10,12H,3-5,8-9H2,1-2H3. The van der Waals surface area contributed by atoms with Crippen LogP contribution in [0.15, 0.2) is 18.3 Å². The Balaban J connectivity index is 1.89. The second kappa shape index (κ2) is 5.81. The van der Waals surface area contributed by atoms with Gasteiger partial charge in [0.25, 0.3) is 0 Å². The van der Waals surface area contributed by atoms with Gasteiger partial charge in [-0.15, -0.1) is 10.2 Å². The fourth-order valence-corrected chi connectivity index (χ4v) is 3.07. The van der Waals surface area contributed by atoms with Crippen molar-refractivity contribution in [3.05, 3.63) is 29.7 Å². The number of hydrogen-bond donors (Lipinski definition) is 0. The van der Waals surface area contributed by atoms with Gasteiger partial charge in [-0.25, -0.2) is 4.79 Å². The summed E-state index contributed by atoms with van der Waals surface area (Å²) in [5.74, 6) is 0.564. The van der Waals surface area contributed by atoms with Crippen LogP contribution in [0.2, 0.25) is 0 Å². The summed E-state index contributed by atoms with van der Waals surface area (Å²) < 4.78 is 6.67. The maximum atomic E-state index is 11.6. The van der Waals surface area contributed by atoms with Gasteiger partial charge in [0, 0.05) is 18.7 Å². The molecule has 1 aliphatic heterocycles. The highest BCUT2D eigenvalue weighted by molar-refractivity contribution is 5.89. The first-order valence-corrected chi connectivity index (χ1v) is 7.39. The van der Waals surface area contributed by atoms with E-state index in [0.29, 0.717) is 11.6 Å². The van der Waals surface area contributed by atoms with Gasteiger partial charge in [-0.3, -0.25) is 4.40 Å². The first kappa shape index (κ1) is 14.0. The van der Waals surface area contributed by atoms with Gasteiger partial charge in [-0.1, -0.05) is 6.92 Å². The van der Waals surface area contributed by atoms with Gasteiger partial charge in [-0.2, -0.15) is 0 Å². The third-order valence-electron chi connectivity index (χ3n) is 4.22. The summed E-state index contributed by atoms with van der Waals surface area (Å²) >= 11 is 0. The van der Waals surface area contributed by atoms with Gasteiger partial charge in [0.1, 0.15) is 5.82 Å². The number of fused-ring (bicyclic) bond motifs is 1. The summed E-state index contributed by atoms with van der Waals surface area (Å²) in [7, 11) is 1.39. The monoisotopic (exact) mass is 288 g/mol. The number of rotatable bonds is 4. The third-order valence-corrected chi connectivity index (χ3v) is 4.22. The highest BCUT2D eigenvalue weighted by atomic mass is 16.5. The van der Waals surface area contributed by atoms with E-state index in [1.165, 1.54) is 20.0 Å². The topological polar surface area (TPSA) is 59.7 Å². The normalized spacial score (nSPS) is 19.2. The maximum absolute atomic E-state index is 11.6. The fraction of sp³-hybridized carbons (Fsp3) is 0.533. The largest absolute Gasteiger partial charge is 0.465 e. The lowest BCUT2D eigenvalue weighted by atomic mass is 10.1. The SMILES string of the molecule is CCN1CCCC1Cc1nnc2ccc(C(=O)OC)cn12. The van der Waals surface area contributed by atoms with Gasteiger partial charge >= 0.3 is 5.97 Å². The van der Waals surface area contributed by atoms with E-state index in [2.05, 4.69) is 22.0 Å². The Bertz CT molecular complexity index is 652. The number of aromatic nitrogens is 3. The van der Waals surface area contributed by atoms with E-state index in [-0.39, 0.29) is 5.97 Å². The van der Waals surface area contributed by atoms with Crippen LogP contribution in [0.5, 0.6) is 0 Å². The van der Waals surface area contributed by atoms with Crippen molar-refractivity contribution in [2.75, 3.05) is 20.2 Å². The molecule has 0 saturated carbocycles. The number of methoxy groups -OCH3 is 1. The van der Waals surface area contributed by atoms with Crippen molar-refractivity contribution in [1.29, 1.82) is 0 Å². The summed E-state index contributed by atoms with van der Waals surface area (Å²) in [4.78, 5) is 14.1. The number of esters is 1. The number of nitrogens with zero attached hydrogens (tertiary/aromatic N) is 4. The van der Waals surface area contributed by atoms with Gasteiger partial charge in [0.15, 0.2) is 5.65 Å². The number of likely N-dealkylation sites (N-methyl/N-ethyl adjacent to an activating group) is 1. The molecule has 1 aliphatic rings. The molecule has 1 saturated heterocycles. The van der Waals surface area contributed by atoms with Crippen molar-refractivity contribution in [1.82, 2.24) is 19.5 Å². The van der Waals surface area contributed by atoms with Crippen LogP contribution >= 0.6 is 0 Å². The molecule has 21 heavy (non-hydrogen) atoms. The highest BCUT2D eigenvalue weighted by Crippen LogP contribution is 2.20. The molecular formula is C15H20N4O2. The first-order chi connectivity index (χ1) is 10.2. The molecular weight excluding hydrogens is 268 g/mol. The Morgan fingerprint density at radius 3 is 3.05 bits per heavy atom. The van der Waals surface area contributed by atoms with Crippen LogP contribution in [0, 0.1) is 0 Å². The average molecular weight is 288 g/mol. The molecule has 0 radical (unpaired) electrons. The Hall–Kier alpha value is -1.95. The van der Waals surface area contributed by atoms with Gasteiger partial charge in [-0.05, 0) is 38.1 Å². The van der Waals surface area contributed by atoms with Crippen LogP contribution in [0.25, 0.3) is 5.65 Å². The molecule has 1 fully saturated rings. The molecule has 1 unspecified atom stereocenters. The van der Waals surface area contributed by atoms with E-state index in [4.69, 9.17) is 4.74 Å². The molecule has 0 spiro atoms. The molecule has 2 aromatic rings. The molecule has 6 nitrogen and oxygen atoms in total. The predicted octanol–water partition coefficient (Wildman–Crippen LogP) is 1.54. The summed E-state index contributed by atoms with van der Waals surface area (Å²) in [5.41, 5.74) is 1.28. The van der Waals surface area contributed by atoms with Crippen molar-refractivity contribution in [3.63, 3.8) is 0 Å². The van der Waals surface area contributed by atoms with E-state index in [1.54, 1.807) is 18.3 Å². The van der Waals surface area contributed by atoms with E-state index in [9.17, 15) is 4.79 Å². The van der Waals surface area contributed by atoms with Gasteiger partial charge in [0.2, 0.25) is 0 Å². The van der Waals surface area contributed by atoms with Crippen LogP contribution in [0.3, 0.4) is 0 Å². The summed E-state index contributed by atoms with van der Waals surface area (Å²) in [6, 6.07) is 4.03. The molecule has 3 heterocycles. The molecule has 1 atom stereocenters. The second-order valence-electron chi connectivity index (χ2n) is 5.38. The minimum Gasteiger partial charge on any atom is -0.465 e. The third kappa shape index (κ3) is 2.63. The molecule has 0 amide bonds. The fourth-order valence-electron chi connectivity index (χ4n) is 3.07. The number of hydrogen-bond acceptors (Lipinski definition) is 5. The summed E-state index contributed by atoms with van der Waals surface area (Å²) in [6.45, 7) is 4.41. The smallest absolute Gasteiger partial charge is 0.339 e. The van der Waals surface area contributed by atoms with Crippen LogP contribution < -0.4 is 0 Å². The number of ether oxygens (including phenoxy) is 1. The summed E-state index contributed by atoms with van der Waals surface area (Å²) in [5, 5.41) is 8.47. The molecule has 112 valence electrons. The number of carbonyl (C=O) groups is 1. The van der Waals surface area contributed by atoms with Crippen molar-refractivity contribution < 1.29 is 9.53 Å². The van der Waals surface area contributed by atoms with E-state index in [1.807, 2.05) is 4.40 Å². The van der Waals surface area contributed by atoms with Crippen LogP contribution in [0.4, 0.5) is 0 Å². The molecule has 6 heteroatoms. The average Bonchev–Trinajstić information content (AvgIpc) is 3.13. The van der Waals surface area contributed by atoms with E-state index >= 15 is 0 Å². The molecule has 0 bridgehead atoms. The van der Waals surface area contributed by atoms with Crippen LogP contribution in [0.1, 0.15) is 35.9 Å². The van der Waals surface area contributed by atoms with Crippen molar-refractivity contribution in [2.45, 2.75) is 32.2 Å². The van der Waals surface area contributed by atoms with Crippen molar-refractivity contribution in [3.8, 4) is 0 Å². The molecule has 0 aromatic carbocycles. The Morgan fingerprint density at radius 2 is 2.29 bits per heavy atom. The van der Waals surface area contributed by atoms with Gasteiger partial charge < -0.3 is 9.64 Å².